The summed E-state index contributed by atoms with van der Waals surface area (Å²) >= 11 is 2.72. The number of anilines is 1. The van der Waals surface area contributed by atoms with Crippen LogP contribution < -0.4 is 11.1 Å². The van der Waals surface area contributed by atoms with Crippen molar-refractivity contribution in [3.8, 4) is 0 Å². The average molecular weight is 328 g/mol. The van der Waals surface area contributed by atoms with Crippen LogP contribution in [0.1, 0.15) is 16.6 Å². The number of fused-ring (bicyclic) bond motifs is 1. The van der Waals surface area contributed by atoms with Crippen LogP contribution in [0.15, 0.2) is 18.2 Å². The van der Waals surface area contributed by atoms with Crippen LogP contribution >= 0.6 is 23.1 Å². The summed E-state index contributed by atoms with van der Waals surface area (Å²) in [6.45, 7) is 1.81. The van der Waals surface area contributed by atoms with Gasteiger partial charge in [0.1, 0.15) is 10.7 Å². The summed E-state index contributed by atoms with van der Waals surface area (Å²) in [6.07, 6.45) is 1.88. The lowest BCUT2D eigenvalue weighted by Gasteiger charge is -2.21. The van der Waals surface area contributed by atoms with Gasteiger partial charge in [-0.1, -0.05) is 0 Å². The van der Waals surface area contributed by atoms with Gasteiger partial charge in [0.15, 0.2) is 0 Å². The molecule has 2 unspecified atom stereocenters. The fourth-order valence-electron chi connectivity index (χ4n) is 2.06. The maximum absolute atomic E-state index is 13.3. The summed E-state index contributed by atoms with van der Waals surface area (Å²) in [5, 5.41) is 12.6. The lowest BCUT2D eigenvalue weighted by atomic mass is 10.2. The van der Waals surface area contributed by atoms with E-state index in [-0.39, 0.29) is 29.6 Å². The summed E-state index contributed by atoms with van der Waals surface area (Å²) in [5.41, 5.74) is 6.25. The second-order valence-corrected chi connectivity index (χ2v) is 6.83. The third-order valence-corrected chi connectivity index (χ3v) is 5.64. The van der Waals surface area contributed by atoms with Gasteiger partial charge in [0.05, 0.1) is 12.3 Å². The van der Waals surface area contributed by atoms with Crippen molar-refractivity contribution in [2.45, 2.75) is 18.2 Å². The number of rotatable bonds is 5. The molecule has 0 saturated heterocycles. The minimum Gasteiger partial charge on any atom is -0.397 e. The number of thiophene rings is 1. The molecule has 2 rings (SSSR count). The molecule has 0 aliphatic heterocycles. The minimum absolute atomic E-state index is 0.0181. The van der Waals surface area contributed by atoms with Crippen LogP contribution in [0.25, 0.3) is 10.1 Å². The molecule has 7 heteroatoms. The Morgan fingerprint density at radius 3 is 2.90 bits per heavy atom. The predicted octanol–water partition coefficient (Wildman–Crippen LogP) is 2.46. The van der Waals surface area contributed by atoms with Crippen molar-refractivity contribution in [2.75, 3.05) is 18.6 Å². The maximum Gasteiger partial charge on any atom is 0.263 e. The Balaban J connectivity index is 2.25. The molecule has 0 spiro atoms. The largest absolute Gasteiger partial charge is 0.397 e. The normalized spacial score (nSPS) is 14.1. The first-order valence-corrected chi connectivity index (χ1v) is 8.50. The first-order valence-electron chi connectivity index (χ1n) is 6.40. The van der Waals surface area contributed by atoms with E-state index in [0.29, 0.717) is 16.0 Å². The van der Waals surface area contributed by atoms with E-state index in [4.69, 9.17) is 5.73 Å². The van der Waals surface area contributed by atoms with E-state index in [1.54, 1.807) is 6.07 Å². The monoisotopic (exact) mass is 328 g/mol. The lowest BCUT2D eigenvalue weighted by molar-refractivity contribution is 0.0941. The topological polar surface area (TPSA) is 75.3 Å². The number of hydrogen-bond acceptors (Lipinski definition) is 5. The van der Waals surface area contributed by atoms with Gasteiger partial charge >= 0.3 is 0 Å². The van der Waals surface area contributed by atoms with Crippen molar-refractivity contribution in [2.24, 2.45) is 0 Å². The van der Waals surface area contributed by atoms with Gasteiger partial charge in [-0.2, -0.15) is 11.8 Å². The maximum atomic E-state index is 13.3. The third-order valence-electron chi connectivity index (χ3n) is 3.29. The molecule has 0 saturated carbocycles. The number of nitrogens with two attached hydrogens (primary N) is 1. The molecule has 0 bridgehead atoms. The van der Waals surface area contributed by atoms with Gasteiger partial charge in [-0.25, -0.2) is 4.39 Å². The highest BCUT2D eigenvalue weighted by Gasteiger charge is 2.22. The van der Waals surface area contributed by atoms with Crippen LogP contribution in [0.4, 0.5) is 10.1 Å². The van der Waals surface area contributed by atoms with Crippen LogP contribution in [0.5, 0.6) is 0 Å². The summed E-state index contributed by atoms with van der Waals surface area (Å²) < 4.78 is 14.0. The number of hydrogen-bond donors (Lipinski definition) is 3. The Labute approximate surface area is 130 Å². The number of carbonyl (C=O) groups is 1. The van der Waals surface area contributed by atoms with E-state index in [0.717, 1.165) is 4.70 Å². The van der Waals surface area contributed by atoms with Crippen LogP contribution in [0, 0.1) is 5.82 Å². The van der Waals surface area contributed by atoms with Crippen LogP contribution in [0.3, 0.4) is 0 Å². The van der Waals surface area contributed by atoms with Crippen molar-refractivity contribution < 1.29 is 14.3 Å². The third kappa shape index (κ3) is 3.30. The average Bonchev–Trinajstić information content (AvgIpc) is 2.77. The van der Waals surface area contributed by atoms with E-state index in [1.807, 2.05) is 13.2 Å². The van der Waals surface area contributed by atoms with E-state index >= 15 is 0 Å². The number of benzene rings is 1. The molecular weight excluding hydrogens is 311 g/mol. The van der Waals surface area contributed by atoms with Crippen molar-refractivity contribution >= 4 is 44.8 Å². The molecule has 4 N–H and O–H groups in total. The number of aliphatic hydroxyl groups is 1. The second kappa shape index (κ2) is 6.64. The highest BCUT2D eigenvalue weighted by molar-refractivity contribution is 7.99. The van der Waals surface area contributed by atoms with Crippen LogP contribution in [-0.4, -0.2) is 35.2 Å². The molecule has 0 aliphatic carbocycles. The molecule has 0 aliphatic rings. The molecule has 2 atom stereocenters. The molecule has 0 fully saturated rings. The van der Waals surface area contributed by atoms with Crippen molar-refractivity contribution in [1.29, 1.82) is 0 Å². The molecule has 21 heavy (non-hydrogen) atoms. The molecule has 2 aromatic rings. The fraction of sp³-hybridized carbons (Fsp3) is 0.357. The van der Waals surface area contributed by atoms with Crippen LogP contribution in [0.2, 0.25) is 0 Å². The molecular formula is C14H17FN2O2S2. The predicted molar refractivity (Wildman–Crippen MR) is 87.5 cm³/mol. The summed E-state index contributed by atoms with van der Waals surface area (Å²) in [4.78, 5) is 12.7. The number of nitrogens with one attached hydrogen (secondary N) is 1. The Bertz CT molecular complexity index is 656. The zero-order valence-corrected chi connectivity index (χ0v) is 13.4. The van der Waals surface area contributed by atoms with Gasteiger partial charge in [0, 0.05) is 21.4 Å². The van der Waals surface area contributed by atoms with Gasteiger partial charge < -0.3 is 16.2 Å². The number of amides is 1. The SMILES string of the molecule is CSC(CO)C(C)NC(=O)c1sc2ccc(F)cc2c1N. The van der Waals surface area contributed by atoms with Gasteiger partial charge in [-0.15, -0.1) is 11.3 Å². The van der Waals surface area contributed by atoms with Gasteiger partial charge in [0.2, 0.25) is 0 Å². The number of aliphatic hydroxyl groups excluding tert-OH is 1. The minimum atomic E-state index is -0.380. The number of thioether (sulfide) groups is 1. The summed E-state index contributed by atoms with van der Waals surface area (Å²) in [6, 6.07) is 4.10. The first-order chi connectivity index (χ1) is 9.97. The van der Waals surface area contributed by atoms with Gasteiger partial charge in [-0.05, 0) is 31.4 Å². The standard InChI is InChI=1S/C14H17FN2O2S2/c1-7(11(6-18)20-2)17-14(19)13-12(16)9-5-8(15)3-4-10(9)21-13/h3-5,7,11,18H,6,16H2,1-2H3,(H,17,19). The molecule has 114 valence electrons. The molecule has 0 radical (unpaired) electrons. The Morgan fingerprint density at radius 1 is 1.57 bits per heavy atom. The van der Waals surface area contributed by atoms with Gasteiger partial charge in [0.25, 0.3) is 5.91 Å². The molecule has 1 amide bonds. The number of halogens is 1. The molecule has 1 heterocycles. The highest BCUT2D eigenvalue weighted by Crippen LogP contribution is 2.34. The lowest BCUT2D eigenvalue weighted by Crippen LogP contribution is -2.41. The molecule has 4 nitrogen and oxygen atoms in total. The van der Waals surface area contributed by atoms with Crippen molar-refractivity contribution in [3.63, 3.8) is 0 Å². The first kappa shape index (κ1) is 16.1. The smallest absolute Gasteiger partial charge is 0.263 e. The molecule has 1 aromatic carbocycles. The van der Waals surface area contributed by atoms with Crippen LogP contribution in [-0.2, 0) is 0 Å². The van der Waals surface area contributed by atoms with Crippen molar-refractivity contribution in [3.05, 3.63) is 28.9 Å². The van der Waals surface area contributed by atoms with E-state index in [2.05, 4.69) is 5.32 Å². The van der Waals surface area contributed by atoms with E-state index < -0.39 is 0 Å². The Kier molecular flexibility index (Phi) is 5.08. The second-order valence-electron chi connectivity index (χ2n) is 4.70. The van der Waals surface area contributed by atoms with Crippen molar-refractivity contribution in [1.82, 2.24) is 5.32 Å². The number of nitrogen functional groups attached to an aromatic ring is 1. The highest BCUT2D eigenvalue weighted by atomic mass is 32.2. The van der Waals surface area contributed by atoms with Gasteiger partial charge in [-0.3, -0.25) is 4.79 Å². The Morgan fingerprint density at radius 2 is 2.29 bits per heavy atom. The number of carbonyl (C=O) groups excluding carboxylic acids is 1. The quantitative estimate of drug-likeness (QED) is 0.788. The summed E-state index contributed by atoms with van der Waals surface area (Å²) in [5.74, 6) is -0.677. The Hall–Kier alpha value is -1.31. The summed E-state index contributed by atoms with van der Waals surface area (Å²) in [7, 11) is 0. The zero-order valence-electron chi connectivity index (χ0n) is 11.7. The van der Waals surface area contributed by atoms with E-state index in [1.165, 1.54) is 35.2 Å². The fourth-order valence-corrected chi connectivity index (χ4v) is 3.69. The molecule has 1 aromatic heterocycles. The zero-order chi connectivity index (χ0) is 15.6. The van der Waals surface area contributed by atoms with E-state index in [9.17, 15) is 14.3 Å².